The Kier molecular flexibility index (Phi) is 5.97. The zero-order valence-electron chi connectivity index (χ0n) is 15.2. The normalized spacial score (nSPS) is 10.8. The maximum atomic E-state index is 11.4. The molecule has 0 aliphatic carbocycles. The number of carbonyl (C=O) groups is 2. The van der Waals surface area contributed by atoms with Crippen LogP contribution in [0.2, 0.25) is 0 Å². The SMILES string of the molecule is CC(=O)Nc1ccc(Cc2ccc(CC(=O)O)cc2C)cc1C(C)C. The number of carboxylic acids is 1. The molecule has 25 heavy (non-hydrogen) atoms. The van der Waals surface area contributed by atoms with Crippen molar-refractivity contribution >= 4 is 17.6 Å². The summed E-state index contributed by atoms with van der Waals surface area (Å²) >= 11 is 0. The van der Waals surface area contributed by atoms with Crippen LogP contribution in [0.15, 0.2) is 36.4 Å². The lowest BCUT2D eigenvalue weighted by molar-refractivity contribution is -0.136. The zero-order valence-corrected chi connectivity index (χ0v) is 15.2. The van der Waals surface area contributed by atoms with Crippen molar-refractivity contribution in [3.05, 3.63) is 64.2 Å². The maximum absolute atomic E-state index is 11.4. The fourth-order valence-corrected chi connectivity index (χ4v) is 2.96. The van der Waals surface area contributed by atoms with Crippen LogP contribution in [0.4, 0.5) is 5.69 Å². The van der Waals surface area contributed by atoms with Gasteiger partial charge in [0.15, 0.2) is 0 Å². The van der Waals surface area contributed by atoms with Crippen LogP contribution in [-0.2, 0) is 22.4 Å². The standard InChI is InChI=1S/C21H25NO3/c1-13(2)19-11-17(6-8-20(19)22-15(4)23)10-18-7-5-16(9-14(18)3)12-21(24)25/h5-9,11,13H,10,12H2,1-4H3,(H,22,23)(H,24,25). The first-order chi connectivity index (χ1) is 11.8. The second-order valence-corrected chi connectivity index (χ2v) is 6.77. The van der Waals surface area contributed by atoms with Gasteiger partial charge in [0, 0.05) is 12.6 Å². The second-order valence-electron chi connectivity index (χ2n) is 6.77. The van der Waals surface area contributed by atoms with Gasteiger partial charge in [0.2, 0.25) is 5.91 Å². The highest BCUT2D eigenvalue weighted by molar-refractivity contribution is 5.89. The van der Waals surface area contributed by atoms with E-state index in [1.165, 1.54) is 18.1 Å². The number of carbonyl (C=O) groups excluding carboxylic acids is 1. The Morgan fingerprint density at radius 3 is 2.32 bits per heavy atom. The number of hydrogen-bond donors (Lipinski definition) is 2. The molecule has 0 radical (unpaired) electrons. The van der Waals surface area contributed by atoms with Crippen molar-refractivity contribution in [3.8, 4) is 0 Å². The summed E-state index contributed by atoms with van der Waals surface area (Å²) in [4.78, 5) is 22.2. The number of rotatable bonds is 6. The highest BCUT2D eigenvalue weighted by atomic mass is 16.4. The summed E-state index contributed by atoms with van der Waals surface area (Å²) in [5.41, 5.74) is 6.24. The van der Waals surface area contributed by atoms with Crippen molar-refractivity contribution in [2.45, 2.75) is 46.5 Å². The van der Waals surface area contributed by atoms with E-state index in [0.29, 0.717) is 5.92 Å². The van der Waals surface area contributed by atoms with Gasteiger partial charge in [-0.2, -0.15) is 0 Å². The quantitative estimate of drug-likeness (QED) is 0.825. The van der Waals surface area contributed by atoms with Crippen LogP contribution in [0.3, 0.4) is 0 Å². The predicted molar refractivity (Wildman–Crippen MR) is 100 cm³/mol. The molecule has 0 saturated carbocycles. The minimum atomic E-state index is -0.817. The molecule has 4 nitrogen and oxygen atoms in total. The van der Waals surface area contributed by atoms with E-state index in [1.807, 2.05) is 37.3 Å². The van der Waals surface area contributed by atoms with E-state index in [4.69, 9.17) is 5.11 Å². The van der Waals surface area contributed by atoms with Crippen LogP contribution in [0.5, 0.6) is 0 Å². The van der Waals surface area contributed by atoms with Gasteiger partial charge in [0.05, 0.1) is 6.42 Å². The topological polar surface area (TPSA) is 66.4 Å². The summed E-state index contributed by atoms with van der Waals surface area (Å²) in [5, 5.41) is 11.8. The third-order valence-electron chi connectivity index (χ3n) is 4.21. The summed E-state index contributed by atoms with van der Waals surface area (Å²) in [6.45, 7) is 7.74. The average Bonchev–Trinajstić information content (AvgIpc) is 2.50. The highest BCUT2D eigenvalue weighted by Gasteiger charge is 2.11. The van der Waals surface area contributed by atoms with Gasteiger partial charge in [-0.1, -0.05) is 44.2 Å². The molecule has 2 N–H and O–H groups in total. The van der Waals surface area contributed by atoms with Gasteiger partial charge in [-0.25, -0.2) is 0 Å². The molecule has 0 unspecified atom stereocenters. The zero-order chi connectivity index (χ0) is 18.6. The van der Waals surface area contributed by atoms with Crippen molar-refractivity contribution in [2.24, 2.45) is 0 Å². The Labute approximate surface area is 148 Å². The Morgan fingerprint density at radius 1 is 1.08 bits per heavy atom. The third kappa shape index (κ3) is 5.18. The van der Waals surface area contributed by atoms with E-state index in [9.17, 15) is 9.59 Å². The summed E-state index contributed by atoms with van der Waals surface area (Å²) < 4.78 is 0. The molecule has 0 atom stereocenters. The summed E-state index contributed by atoms with van der Waals surface area (Å²) in [7, 11) is 0. The van der Waals surface area contributed by atoms with Gasteiger partial charge in [-0.05, 0) is 53.1 Å². The van der Waals surface area contributed by atoms with E-state index in [-0.39, 0.29) is 12.3 Å². The van der Waals surface area contributed by atoms with E-state index < -0.39 is 5.97 Å². The van der Waals surface area contributed by atoms with Gasteiger partial charge in [-0.3, -0.25) is 9.59 Å². The monoisotopic (exact) mass is 339 g/mol. The van der Waals surface area contributed by atoms with Crippen molar-refractivity contribution in [2.75, 3.05) is 5.32 Å². The summed E-state index contributed by atoms with van der Waals surface area (Å²) in [6, 6.07) is 12.0. The minimum absolute atomic E-state index is 0.0457. The maximum Gasteiger partial charge on any atom is 0.307 e. The number of aliphatic carboxylic acids is 1. The molecule has 0 fully saturated rings. The largest absolute Gasteiger partial charge is 0.481 e. The molecular weight excluding hydrogens is 314 g/mol. The third-order valence-corrected chi connectivity index (χ3v) is 4.21. The molecule has 1 amide bonds. The van der Waals surface area contributed by atoms with Crippen LogP contribution < -0.4 is 5.32 Å². The van der Waals surface area contributed by atoms with E-state index >= 15 is 0 Å². The number of benzene rings is 2. The summed E-state index contributed by atoms with van der Waals surface area (Å²) in [6.07, 6.45) is 0.823. The first-order valence-corrected chi connectivity index (χ1v) is 8.47. The lowest BCUT2D eigenvalue weighted by atomic mass is 9.93. The molecule has 132 valence electrons. The first-order valence-electron chi connectivity index (χ1n) is 8.47. The molecule has 0 spiro atoms. The minimum Gasteiger partial charge on any atom is -0.481 e. The molecule has 0 heterocycles. The van der Waals surface area contributed by atoms with Crippen LogP contribution in [-0.4, -0.2) is 17.0 Å². The van der Waals surface area contributed by atoms with Crippen molar-refractivity contribution in [1.29, 1.82) is 0 Å². The van der Waals surface area contributed by atoms with Crippen LogP contribution in [0.1, 0.15) is 54.5 Å². The highest BCUT2D eigenvalue weighted by Crippen LogP contribution is 2.27. The lowest BCUT2D eigenvalue weighted by Gasteiger charge is -2.16. The average molecular weight is 339 g/mol. The summed E-state index contributed by atoms with van der Waals surface area (Å²) in [5.74, 6) is -0.581. The van der Waals surface area contributed by atoms with Gasteiger partial charge < -0.3 is 10.4 Å². The number of carboxylic acid groups (broad SMARTS) is 1. The molecule has 0 aliphatic rings. The lowest BCUT2D eigenvalue weighted by Crippen LogP contribution is -2.09. The van der Waals surface area contributed by atoms with Gasteiger partial charge in [0.1, 0.15) is 0 Å². The van der Waals surface area contributed by atoms with Gasteiger partial charge in [0.25, 0.3) is 0 Å². The predicted octanol–water partition coefficient (Wildman–Crippen LogP) is 4.29. The smallest absolute Gasteiger partial charge is 0.307 e. The van der Waals surface area contributed by atoms with Crippen LogP contribution in [0.25, 0.3) is 0 Å². The van der Waals surface area contributed by atoms with E-state index in [0.717, 1.165) is 28.8 Å². The molecule has 2 aromatic rings. The Balaban J connectivity index is 2.26. The molecule has 4 heteroatoms. The Morgan fingerprint density at radius 2 is 1.76 bits per heavy atom. The number of amides is 1. The van der Waals surface area contributed by atoms with E-state index in [1.54, 1.807) is 0 Å². The molecule has 0 bridgehead atoms. The number of nitrogens with one attached hydrogen (secondary N) is 1. The van der Waals surface area contributed by atoms with Crippen molar-refractivity contribution in [3.63, 3.8) is 0 Å². The number of hydrogen-bond acceptors (Lipinski definition) is 2. The Bertz CT molecular complexity index is 794. The van der Waals surface area contributed by atoms with Gasteiger partial charge >= 0.3 is 5.97 Å². The fourth-order valence-electron chi connectivity index (χ4n) is 2.96. The van der Waals surface area contributed by atoms with Gasteiger partial charge in [-0.15, -0.1) is 0 Å². The second kappa shape index (κ2) is 7.97. The number of aryl methyl sites for hydroxylation is 1. The molecule has 0 saturated heterocycles. The van der Waals surface area contributed by atoms with Crippen LogP contribution >= 0.6 is 0 Å². The molecule has 2 aromatic carbocycles. The Hall–Kier alpha value is -2.62. The first kappa shape index (κ1) is 18.7. The fraction of sp³-hybridized carbons (Fsp3) is 0.333. The van der Waals surface area contributed by atoms with Crippen molar-refractivity contribution in [1.82, 2.24) is 0 Å². The van der Waals surface area contributed by atoms with Crippen molar-refractivity contribution < 1.29 is 14.7 Å². The van der Waals surface area contributed by atoms with E-state index in [2.05, 4.69) is 25.2 Å². The molecule has 0 aliphatic heterocycles. The molecule has 0 aromatic heterocycles. The number of anilines is 1. The van der Waals surface area contributed by atoms with Crippen LogP contribution in [0, 0.1) is 6.92 Å². The molecule has 2 rings (SSSR count). The molecular formula is C21H25NO3.